The lowest BCUT2D eigenvalue weighted by molar-refractivity contribution is -0.129. The van der Waals surface area contributed by atoms with Gasteiger partial charge in [-0.3, -0.25) is 14.7 Å². The van der Waals surface area contributed by atoms with Crippen molar-refractivity contribution in [3.8, 4) is 0 Å². The van der Waals surface area contributed by atoms with Crippen LogP contribution in [-0.2, 0) is 11.2 Å². The minimum atomic E-state index is 0.116. The molecular formula is C15H24N4O. The maximum absolute atomic E-state index is 12.2. The van der Waals surface area contributed by atoms with E-state index in [1.165, 1.54) is 12.8 Å². The first-order valence-electron chi connectivity index (χ1n) is 7.28. The summed E-state index contributed by atoms with van der Waals surface area (Å²) in [6.07, 6.45) is 4.36. The van der Waals surface area contributed by atoms with Crippen LogP contribution < -0.4 is 5.73 Å². The van der Waals surface area contributed by atoms with E-state index in [1.54, 1.807) is 12.3 Å². The van der Waals surface area contributed by atoms with Crippen molar-refractivity contribution < 1.29 is 4.79 Å². The first kappa shape index (κ1) is 14.8. The van der Waals surface area contributed by atoms with Gasteiger partial charge >= 0.3 is 0 Å². The number of aromatic nitrogens is 1. The number of likely N-dealkylation sites (N-methyl/N-ethyl adjacent to an activating group) is 2. The molecule has 5 heteroatoms. The van der Waals surface area contributed by atoms with Crippen LogP contribution in [0.25, 0.3) is 0 Å². The molecule has 1 aliphatic heterocycles. The SMILES string of the molecule is CCN1CCCC1CN(C)C(=O)Cc1ccc(N)cn1. The Hall–Kier alpha value is -1.62. The van der Waals surface area contributed by atoms with Gasteiger partial charge in [0, 0.05) is 25.3 Å². The lowest BCUT2D eigenvalue weighted by Gasteiger charge is -2.27. The molecule has 1 unspecified atom stereocenters. The van der Waals surface area contributed by atoms with Gasteiger partial charge in [-0.05, 0) is 38.1 Å². The molecule has 0 spiro atoms. The third kappa shape index (κ3) is 3.70. The fraction of sp³-hybridized carbons (Fsp3) is 0.600. The second-order valence-corrected chi connectivity index (χ2v) is 5.46. The second-order valence-electron chi connectivity index (χ2n) is 5.46. The first-order valence-corrected chi connectivity index (χ1v) is 7.28. The number of pyridine rings is 1. The van der Waals surface area contributed by atoms with E-state index in [0.717, 1.165) is 25.3 Å². The Morgan fingerprint density at radius 1 is 1.55 bits per heavy atom. The molecule has 110 valence electrons. The molecule has 20 heavy (non-hydrogen) atoms. The number of nitrogen functional groups attached to an aromatic ring is 1. The summed E-state index contributed by atoms with van der Waals surface area (Å²) in [6, 6.07) is 4.11. The molecule has 1 atom stereocenters. The summed E-state index contributed by atoms with van der Waals surface area (Å²) < 4.78 is 0. The van der Waals surface area contributed by atoms with Crippen LogP contribution in [-0.4, -0.2) is 53.4 Å². The van der Waals surface area contributed by atoms with Crippen molar-refractivity contribution in [2.75, 3.05) is 32.4 Å². The predicted octanol–water partition coefficient (Wildman–Crippen LogP) is 1.15. The summed E-state index contributed by atoms with van der Waals surface area (Å²) in [5.74, 6) is 0.116. The van der Waals surface area contributed by atoms with E-state index < -0.39 is 0 Å². The number of nitrogens with two attached hydrogens (primary N) is 1. The van der Waals surface area contributed by atoms with Gasteiger partial charge in [-0.1, -0.05) is 6.92 Å². The van der Waals surface area contributed by atoms with Crippen molar-refractivity contribution in [2.24, 2.45) is 0 Å². The van der Waals surface area contributed by atoms with Crippen molar-refractivity contribution in [2.45, 2.75) is 32.2 Å². The van der Waals surface area contributed by atoms with E-state index in [0.29, 0.717) is 18.2 Å². The molecule has 1 aromatic heterocycles. The molecule has 0 radical (unpaired) electrons. The van der Waals surface area contributed by atoms with Crippen LogP contribution in [0.15, 0.2) is 18.3 Å². The highest BCUT2D eigenvalue weighted by atomic mass is 16.2. The molecule has 1 aromatic rings. The number of likely N-dealkylation sites (tertiary alicyclic amines) is 1. The smallest absolute Gasteiger partial charge is 0.228 e. The topological polar surface area (TPSA) is 62.5 Å². The molecule has 5 nitrogen and oxygen atoms in total. The summed E-state index contributed by atoms with van der Waals surface area (Å²) in [4.78, 5) is 20.7. The van der Waals surface area contributed by atoms with Crippen LogP contribution in [0.3, 0.4) is 0 Å². The highest BCUT2D eigenvalue weighted by Gasteiger charge is 2.25. The largest absolute Gasteiger partial charge is 0.397 e. The highest BCUT2D eigenvalue weighted by Crippen LogP contribution is 2.17. The maximum atomic E-state index is 12.2. The lowest BCUT2D eigenvalue weighted by atomic mass is 10.2. The maximum Gasteiger partial charge on any atom is 0.228 e. The predicted molar refractivity (Wildman–Crippen MR) is 80.3 cm³/mol. The summed E-state index contributed by atoms with van der Waals surface area (Å²) in [5.41, 5.74) is 6.99. The molecule has 1 amide bonds. The van der Waals surface area contributed by atoms with Crippen LogP contribution in [0.1, 0.15) is 25.5 Å². The Labute approximate surface area is 120 Å². The number of nitrogens with zero attached hydrogens (tertiary/aromatic N) is 3. The molecule has 1 saturated heterocycles. The third-order valence-electron chi connectivity index (χ3n) is 4.00. The minimum Gasteiger partial charge on any atom is -0.397 e. The van der Waals surface area contributed by atoms with E-state index in [1.807, 2.05) is 18.0 Å². The number of rotatable bonds is 5. The average molecular weight is 276 g/mol. The summed E-state index contributed by atoms with van der Waals surface area (Å²) in [5, 5.41) is 0. The van der Waals surface area contributed by atoms with Gasteiger partial charge < -0.3 is 10.6 Å². The Morgan fingerprint density at radius 2 is 2.35 bits per heavy atom. The number of hydrogen-bond acceptors (Lipinski definition) is 4. The van der Waals surface area contributed by atoms with Crippen molar-refractivity contribution in [3.63, 3.8) is 0 Å². The van der Waals surface area contributed by atoms with Crippen LogP contribution in [0.5, 0.6) is 0 Å². The Morgan fingerprint density at radius 3 is 3.00 bits per heavy atom. The Balaban J connectivity index is 1.87. The normalized spacial score (nSPS) is 19.2. The molecule has 0 bridgehead atoms. The zero-order valence-electron chi connectivity index (χ0n) is 12.4. The van der Waals surface area contributed by atoms with Gasteiger partial charge in [0.25, 0.3) is 0 Å². The monoisotopic (exact) mass is 276 g/mol. The number of hydrogen-bond donors (Lipinski definition) is 1. The van der Waals surface area contributed by atoms with Crippen molar-refractivity contribution >= 4 is 11.6 Å². The lowest BCUT2D eigenvalue weighted by Crippen LogP contribution is -2.41. The minimum absolute atomic E-state index is 0.116. The van der Waals surface area contributed by atoms with E-state index >= 15 is 0 Å². The fourth-order valence-electron chi connectivity index (χ4n) is 2.77. The summed E-state index contributed by atoms with van der Waals surface area (Å²) >= 11 is 0. The van der Waals surface area contributed by atoms with E-state index in [2.05, 4.69) is 16.8 Å². The molecule has 0 saturated carbocycles. The van der Waals surface area contributed by atoms with Gasteiger partial charge in [-0.25, -0.2) is 0 Å². The molecular weight excluding hydrogens is 252 g/mol. The van der Waals surface area contributed by atoms with Crippen molar-refractivity contribution in [1.82, 2.24) is 14.8 Å². The first-order chi connectivity index (χ1) is 9.60. The van der Waals surface area contributed by atoms with Crippen LogP contribution in [0.2, 0.25) is 0 Å². The van der Waals surface area contributed by atoms with Gasteiger partial charge in [0.1, 0.15) is 0 Å². The van der Waals surface area contributed by atoms with Crippen LogP contribution in [0.4, 0.5) is 5.69 Å². The van der Waals surface area contributed by atoms with Crippen molar-refractivity contribution in [1.29, 1.82) is 0 Å². The Bertz CT molecular complexity index is 446. The van der Waals surface area contributed by atoms with E-state index in [4.69, 9.17) is 5.73 Å². The molecule has 2 rings (SSSR count). The fourth-order valence-corrected chi connectivity index (χ4v) is 2.77. The van der Waals surface area contributed by atoms with Crippen LogP contribution >= 0.6 is 0 Å². The standard InChI is InChI=1S/C15H24N4O/c1-3-19-8-4-5-14(19)11-18(2)15(20)9-13-7-6-12(16)10-17-13/h6-7,10,14H,3-5,8-9,11,16H2,1-2H3. The number of amides is 1. The van der Waals surface area contributed by atoms with Gasteiger partial charge in [-0.15, -0.1) is 0 Å². The number of carbonyl (C=O) groups is 1. The molecule has 2 N–H and O–H groups in total. The molecule has 1 fully saturated rings. The van der Waals surface area contributed by atoms with Gasteiger partial charge in [0.2, 0.25) is 5.91 Å². The van der Waals surface area contributed by atoms with Gasteiger partial charge in [0.15, 0.2) is 0 Å². The second kappa shape index (κ2) is 6.70. The van der Waals surface area contributed by atoms with Crippen molar-refractivity contribution in [3.05, 3.63) is 24.0 Å². The number of anilines is 1. The van der Waals surface area contributed by atoms with Crippen LogP contribution in [0, 0.1) is 0 Å². The quantitative estimate of drug-likeness (QED) is 0.876. The van der Waals surface area contributed by atoms with E-state index in [9.17, 15) is 4.79 Å². The van der Waals surface area contributed by atoms with Gasteiger partial charge in [-0.2, -0.15) is 0 Å². The Kier molecular flexibility index (Phi) is 4.95. The van der Waals surface area contributed by atoms with E-state index in [-0.39, 0.29) is 5.91 Å². The average Bonchev–Trinajstić information content (AvgIpc) is 2.88. The molecule has 2 heterocycles. The zero-order valence-corrected chi connectivity index (χ0v) is 12.4. The number of carbonyl (C=O) groups excluding carboxylic acids is 1. The van der Waals surface area contributed by atoms with Gasteiger partial charge in [0.05, 0.1) is 18.3 Å². The molecule has 0 aromatic carbocycles. The third-order valence-corrected chi connectivity index (χ3v) is 4.00. The summed E-state index contributed by atoms with van der Waals surface area (Å²) in [6.45, 7) is 5.20. The molecule has 0 aliphatic carbocycles. The molecule has 1 aliphatic rings. The zero-order chi connectivity index (χ0) is 14.5. The summed E-state index contributed by atoms with van der Waals surface area (Å²) in [7, 11) is 1.88. The highest BCUT2D eigenvalue weighted by molar-refractivity contribution is 5.78.